The molecule has 6 nitrogen and oxygen atoms in total. The number of nitriles is 1. The number of hydrogen-bond acceptors (Lipinski definition) is 4. The summed E-state index contributed by atoms with van der Waals surface area (Å²) in [5, 5.41) is 17.8. The second kappa shape index (κ2) is 6.44. The standard InChI is InChI=1S/C18H21N5O/c1-4-22-11-16-20-21-17(14-7-5-6-13(9-14)10-19)23(16)15(18(22)24)8-12(2)3/h5-7,9,12,15H,4,8,11H2,1-3H3/t15-/m0/s1. The summed E-state index contributed by atoms with van der Waals surface area (Å²) in [6.07, 6.45) is 0.741. The Morgan fingerprint density at radius 2 is 2.17 bits per heavy atom. The van der Waals surface area contributed by atoms with E-state index in [-0.39, 0.29) is 11.9 Å². The SMILES string of the molecule is CCN1Cc2nnc(-c3cccc(C#N)c3)n2[C@@H](CC(C)C)C1=O. The van der Waals surface area contributed by atoms with Gasteiger partial charge in [-0.25, -0.2) is 0 Å². The van der Waals surface area contributed by atoms with Crippen LogP contribution >= 0.6 is 0 Å². The Morgan fingerprint density at radius 1 is 1.38 bits per heavy atom. The molecule has 0 saturated carbocycles. The van der Waals surface area contributed by atoms with Gasteiger partial charge in [0.05, 0.1) is 18.2 Å². The summed E-state index contributed by atoms with van der Waals surface area (Å²) >= 11 is 0. The number of nitrogens with zero attached hydrogens (tertiary/aromatic N) is 5. The van der Waals surface area contributed by atoms with Crippen molar-refractivity contribution in [2.24, 2.45) is 5.92 Å². The van der Waals surface area contributed by atoms with Crippen LogP contribution < -0.4 is 0 Å². The van der Waals surface area contributed by atoms with Crippen LogP contribution in [0.5, 0.6) is 0 Å². The summed E-state index contributed by atoms with van der Waals surface area (Å²) < 4.78 is 1.96. The lowest BCUT2D eigenvalue weighted by atomic mass is 10.00. The van der Waals surface area contributed by atoms with E-state index in [1.54, 1.807) is 12.1 Å². The van der Waals surface area contributed by atoms with Gasteiger partial charge in [-0.1, -0.05) is 26.0 Å². The Balaban J connectivity index is 2.11. The minimum atomic E-state index is -0.288. The molecule has 6 heteroatoms. The van der Waals surface area contributed by atoms with Crippen molar-refractivity contribution in [3.05, 3.63) is 35.7 Å². The lowest BCUT2D eigenvalue weighted by molar-refractivity contribution is -0.137. The maximum atomic E-state index is 12.9. The van der Waals surface area contributed by atoms with Gasteiger partial charge >= 0.3 is 0 Å². The van der Waals surface area contributed by atoms with Crippen LogP contribution in [0.1, 0.15) is 44.6 Å². The number of aromatic nitrogens is 3. The maximum absolute atomic E-state index is 12.9. The van der Waals surface area contributed by atoms with Gasteiger partial charge in [-0.05, 0) is 31.4 Å². The largest absolute Gasteiger partial charge is 0.334 e. The third kappa shape index (κ3) is 2.78. The van der Waals surface area contributed by atoms with E-state index < -0.39 is 0 Å². The molecule has 1 atom stereocenters. The number of likely N-dealkylation sites (N-methyl/N-ethyl adjacent to an activating group) is 1. The molecule has 1 aromatic heterocycles. The van der Waals surface area contributed by atoms with E-state index in [1.165, 1.54) is 0 Å². The number of fused-ring (bicyclic) bond motifs is 1. The molecule has 24 heavy (non-hydrogen) atoms. The quantitative estimate of drug-likeness (QED) is 0.867. The molecule has 2 aromatic rings. The molecule has 124 valence electrons. The first-order valence-corrected chi connectivity index (χ1v) is 8.28. The molecule has 0 saturated heterocycles. The molecular formula is C18H21N5O. The fourth-order valence-electron chi connectivity index (χ4n) is 3.17. The molecule has 1 amide bonds. The summed E-state index contributed by atoms with van der Waals surface area (Å²) in [6.45, 7) is 7.35. The molecule has 1 aromatic carbocycles. The molecule has 0 bridgehead atoms. The summed E-state index contributed by atoms with van der Waals surface area (Å²) in [5.41, 5.74) is 1.39. The van der Waals surface area contributed by atoms with Crippen LogP contribution in [-0.2, 0) is 11.3 Å². The van der Waals surface area contributed by atoms with Crippen molar-refractivity contribution in [1.29, 1.82) is 5.26 Å². The molecule has 3 rings (SSSR count). The highest BCUT2D eigenvalue weighted by Crippen LogP contribution is 2.32. The number of carbonyl (C=O) groups is 1. The van der Waals surface area contributed by atoms with Crippen molar-refractivity contribution >= 4 is 5.91 Å². The van der Waals surface area contributed by atoms with Crippen LogP contribution in [0.25, 0.3) is 11.4 Å². The highest BCUT2D eigenvalue weighted by atomic mass is 16.2. The van der Waals surface area contributed by atoms with Gasteiger partial charge in [0.25, 0.3) is 0 Å². The number of carbonyl (C=O) groups excluding carboxylic acids is 1. The first-order chi connectivity index (χ1) is 11.5. The molecule has 1 aliphatic rings. The molecule has 0 radical (unpaired) electrons. The predicted octanol–water partition coefficient (Wildman–Crippen LogP) is 2.77. The van der Waals surface area contributed by atoms with Crippen LogP contribution in [0.3, 0.4) is 0 Å². The summed E-state index contributed by atoms with van der Waals surface area (Å²) in [7, 11) is 0. The van der Waals surface area contributed by atoms with Gasteiger partial charge in [0.2, 0.25) is 5.91 Å². The van der Waals surface area contributed by atoms with Gasteiger partial charge in [0.15, 0.2) is 11.6 Å². The number of hydrogen-bond donors (Lipinski definition) is 0. The van der Waals surface area contributed by atoms with E-state index in [0.29, 0.717) is 30.4 Å². The zero-order valence-electron chi connectivity index (χ0n) is 14.2. The first-order valence-electron chi connectivity index (χ1n) is 8.28. The fourth-order valence-corrected chi connectivity index (χ4v) is 3.17. The number of amides is 1. The third-order valence-corrected chi connectivity index (χ3v) is 4.33. The average molecular weight is 323 g/mol. The van der Waals surface area contributed by atoms with Gasteiger partial charge in [-0.15, -0.1) is 10.2 Å². The molecule has 0 aliphatic carbocycles. The lowest BCUT2D eigenvalue weighted by Gasteiger charge is -2.34. The summed E-state index contributed by atoms with van der Waals surface area (Å²) in [6, 6.07) is 9.14. The Morgan fingerprint density at radius 3 is 2.83 bits per heavy atom. The van der Waals surface area contributed by atoms with Crippen LogP contribution in [0.4, 0.5) is 0 Å². The van der Waals surface area contributed by atoms with Gasteiger partial charge in [-0.3, -0.25) is 9.36 Å². The van der Waals surface area contributed by atoms with Crippen molar-refractivity contribution < 1.29 is 4.79 Å². The second-order valence-electron chi connectivity index (χ2n) is 6.50. The zero-order valence-corrected chi connectivity index (χ0v) is 14.2. The Labute approximate surface area is 141 Å². The van der Waals surface area contributed by atoms with Gasteiger partial charge in [0, 0.05) is 12.1 Å². The van der Waals surface area contributed by atoms with E-state index in [1.807, 2.05) is 28.5 Å². The van der Waals surface area contributed by atoms with Crippen molar-refractivity contribution in [2.75, 3.05) is 6.54 Å². The molecule has 1 aliphatic heterocycles. The molecule has 0 fully saturated rings. The van der Waals surface area contributed by atoms with Crippen LogP contribution in [0.2, 0.25) is 0 Å². The average Bonchev–Trinajstić information content (AvgIpc) is 3.00. The van der Waals surface area contributed by atoms with E-state index >= 15 is 0 Å². The van der Waals surface area contributed by atoms with Crippen molar-refractivity contribution in [3.8, 4) is 17.5 Å². The number of rotatable bonds is 4. The van der Waals surface area contributed by atoms with Crippen molar-refractivity contribution in [3.63, 3.8) is 0 Å². The molecular weight excluding hydrogens is 302 g/mol. The molecule has 0 spiro atoms. The minimum Gasteiger partial charge on any atom is -0.334 e. The molecule has 0 unspecified atom stereocenters. The summed E-state index contributed by atoms with van der Waals surface area (Å²) in [5.74, 6) is 1.97. The van der Waals surface area contributed by atoms with Gasteiger partial charge in [-0.2, -0.15) is 5.26 Å². The third-order valence-electron chi connectivity index (χ3n) is 4.33. The van der Waals surface area contributed by atoms with Crippen LogP contribution in [-0.4, -0.2) is 32.1 Å². The van der Waals surface area contributed by atoms with E-state index in [9.17, 15) is 4.79 Å². The van der Waals surface area contributed by atoms with E-state index in [4.69, 9.17) is 5.26 Å². The van der Waals surface area contributed by atoms with Crippen molar-refractivity contribution in [2.45, 2.75) is 39.8 Å². The molecule has 2 heterocycles. The van der Waals surface area contributed by atoms with E-state index in [0.717, 1.165) is 17.8 Å². The Kier molecular flexibility index (Phi) is 4.34. The monoisotopic (exact) mass is 323 g/mol. The zero-order chi connectivity index (χ0) is 17.3. The highest BCUT2D eigenvalue weighted by Gasteiger charge is 2.35. The lowest BCUT2D eigenvalue weighted by Crippen LogP contribution is -2.43. The second-order valence-corrected chi connectivity index (χ2v) is 6.50. The highest BCUT2D eigenvalue weighted by molar-refractivity contribution is 5.82. The maximum Gasteiger partial charge on any atom is 0.246 e. The van der Waals surface area contributed by atoms with Gasteiger partial charge < -0.3 is 4.90 Å². The minimum absolute atomic E-state index is 0.121. The smallest absolute Gasteiger partial charge is 0.246 e. The Hall–Kier alpha value is -2.68. The number of benzene rings is 1. The molecule has 0 N–H and O–H groups in total. The first kappa shape index (κ1) is 16.2. The van der Waals surface area contributed by atoms with Crippen molar-refractivity contribution in [1.82, 2.24) is 19.7 Å². The topological polar surface area (TPSA) is 74.8 Å². The van der Waals surface area contributed by atoms with Gasteiger partial charge in [0.1, 0.15) is 6.04 Å². The Bertz CT molecular complexity index is 802. The van der Waals surface area contributed by atoms with Crippen LogP contribution in [0, 0.1) is 17.2 Å². The fraction of sp³-hybridized carbons (Fsp3) is 0.444. The van der Waals surface area contributed by atoms with Crippen LogP contribution in [0.15, 0.2) is 24.3 Å². The summed E-state index contributed by atoms with van der Waals surface area (Å²) in [4.78, 5) is 14.7. The normalized spacial score (nSPS) is 17.0. The van der Waals surface area contributed by atoms with E-state index in [2.05, 4.69) is 30.1 Å². The predicted molar refractivity (Wildman–Crippen MR) is 89.8 cm³/mol.